The number of thioether (sulfide) groups is 1. The summed E-state index contributed by atoms with van der Waals surface area (Å²) in [5, 5.41) is 11.1. The largest absolute Gasteiger partial charge is 0.291 e. The molecule has 0 unspecified atom stereocenters. The maximum Gasteiger partial charge on any atom is 0.291 e. The Morgan fingerprint density at radius 1 is 1.00 bits per heavy atom. The van der Waals surface area contributed by atoms with E-state index < -0.39 is 0 Å². The van der Waals surface area contributed by atoms with Crippen LogP contribution in [0.3, 0.4) is 0 Å². The van der Waals surface area contributed by atoms with Crippen LogP contribution in [-0.4, -0.2) is 21.2 Å². The lowest BCUT2D eigenvalue weighted by Gasteiger charge is -2.01. The van der Waals surface area contributed by atoms with Crippen molar-refractivity contribution in [1.82, 2.24) is 0 Å². The minimum Gasteiger partial charge on any atom is -0.289 e. The van der Waals surface area contributed by atoms with Crippen LogP contribution in [-0.2, 0) is 6.54 Å². The van der Waals surface area contributed by atoms with Gasteiger partial charge in [0.05, 0.1) is 5.56 Å². The second-order valence-electron chi connectivity index (χ2n) is 3.92. The molecule has 2 nitrogen and oxygen atoms in total. The Hall–Kier alpha value is -1.74. The third-order valence-corrected chi connectivity index (χ3v) is 3.46. The van der Waals surface area contributed by atoms with E-state index >= 15 is 0 Å². The van der Waals surface area contributed by atoms with Crippen molar-refractivity contribution >= 4 is 16.8 Å². The highest BCUT2D eigenvalue weighted by atomic mass is 32.2. The molecule has 0 spiro atoms. The average Bonchev–Trinajstić information content (AvgIpc) is 2.42. The van der Waals surface area contributed by atoms with E-state index in [2.05, 4.69) is 0 Å². The van der Waals surface area contributed by atoms with Gasteiger partial charge in [0.2, 0.25) is 6.54 Å². The number of benzene rings is 2. The van der Waals surface area contributed by atoms with Crippen molar-refractivity contribution in [2.24, 2.45) is 0 Å². The number of hydroxylamine groups is 1. The second kappa shape index (κ2) is 6.26. The monoisotopic (exact) mass is 258 g/mol. The lowest BCUT2D eigenvalue weighted by molar-refractivity contribution is -0.784. The van der Waals surface area contributed by atoms with Crippen LogP contribution in [0.2, 0.25) is 0 Å². The first-order valence-corrected chi connectivity index (χ1v) is 7.00. The van der Waals surface area contributed by atoms with Gasteiger partial charge >= 0.3 is 0 Å². The highest BCUT2D eigenvalue weighted by Gasteiger charge is 2.16. The molecule has 2 aromatic rings. The topological polar surface area (TPSA) is 23.2 Å². The molecule has 0 aliphatic heterocycles. The summed E-state index contributed by atoms with van der Waals surface area (Å²) in [6.07, 6.45) is 1.97. The Bertz CT molecular complexity index is 523. The van der Waals surface area contributed by atoms with Crippen molar-refractivity contribution in [2.45, 2.75) is 6.54 Å². The molecule has 92 valence electrons. The zero-order valence-electron chi connectivity index (χ0n) is 10.3. The number of hydrogen-bond acceptors (Lipinski definition) is 2. The third kappa shape index (κ3) is 3.14. The fraction of sp³-hybridized carbons (Fsp3) is 0.133. The molecule has 0 atom stereocenters. The summed E-state index contributed by atoms with van der Waals surface area (Å²) in [6, 6.07) is 19.9. The molecule has 0 amide bonds. The van der Waals surface area contributed by atoms with E-state index in [0.717, 1.165) is 16.2 Å². The van der Waals surface area contributed by atoms with E-state index in [4.69, 9.17) is 0 Å². The molecule has 0 aliphatic rings. The van der Waals surface area contributed by atoms with E-state index in [1.807, 2.05) is 66.9 Å². The van der Waals surface area contributed by atoms with Gasteiger partial charge in [0.25, 0.3) is 5.04 Å². The van der Waals surface area contributed by atoms with Crippen molar-refractivity contribution < 1.29 is 9.95 Å². The summed E-state index contributed by atoms with van der Waals surface area (Å²) in [6.45, 7) is 0.492. The molecule has 18 heavy (non-hydrogen) atoms. The molecule has 0 heterocycles. The first kappa shape index (κ1) is 12.7. The van der Waals surface area contributed by atoms with Crippen LogP contribution in [0.25, 0.3) is 0 Å². The van der Waals surface area contributed by atoms with Crippen molar-refractivity contribution in [1.29, 1.82) is 0 Å². The Kier molecular flexibility index (Phi) is 4.42. The molecule has 3 heteroatoms. The summed E-state index contributed by atoms with van der Waals surface area (Å²) in [5.74, 6) is 0. The third-order valence-electron chi connectivity index (χ3n) is 2.62. The van der Waals surface area contributed by atoms with Crippen molar-refractivity contribution in [3.63, 3.8) is 0 Å². The van der Waals surface area contributed by atoms with Gasteiger partial charge in [-0.2, -0.15) is 0 Å². The maximum absolute atomic E-state index is 10.2. The smallest absolute Gasteiger partial charge is 0.289 e. The van der Waals surface area contributed by atoms with Gasteiger partial charge in [0.1, 0.15) is 0 Å². The summed E-state index contributed by atoms with van der Waals surface area (Å²) < 4.78 is 1.30. The van der Waals surface area contributed by atoms with Crippen LogP contribution in [0.1, 0.15) is 11.1 Å². The van der Waals surface area contributed by atoms with Crippen LogP contribution >= 0.6 is 11.8 Å². The van der Waals surface area contributed by atoms with Crippen molar-refractivity contribution in [2.75, 3.05) is 6.26 Å². The first-order valence-electron chi connectivity index (χ1n) is 5.78. The Balaban J connectivity index is 2.27. The minimum absolute atomic E-state index is 0.492. The normalized spacial score (nSPS) is 12.1. The predicted octanol–water partition coefficient (Wildman–Crippen LogP) is 3.40. The molecule has 0 aromatic heterocycles. The molecular formula is C15H16NOS+. The van der Waals surface area contributed by atoms with Crippen molar-refractivity contribution in [3.8, 4) is 0 Å². The van der Waals surface area contributed by atoms with Gasteiger partial charge in [0, 0.05) is 5.56 Å². The first-order chi connectivity index (χ1) is 8.81. The van der Waals surface area contributed by atoms with E-state index in [1.54, 1.807) is 11.8 Å². The summed E-state index contributed by atoms with van der Waals surface area (Å²) >= 11 is 1.54. The van der Waals surface area contributed by atoms with Gasteiger partial charge in [-0.3, -0.25) is 5.21 Å². The quantitative estimate of drug-likeness (QED) is 0.300. The molecule has 0 bridgehead atoms. The van der Waals surface area contributed by atoms with Gasteiger partial charge in [-0.05, 0) is 23.1 Å². The van der Waals surface area contributed by atoms with Gasteiger partial charge in [-0.25, -0.2) is 0 Å². The number of hydrogen-bond donors (Lipinski definition) is 1. The number of nitrogens with zero attached hydrogens (tertiary/aromatic N) is 1. The van der Waals surface area contributed by atoms with Crippen LogP contribution < -0.4 is 0 Å². The predicted molar refractivity (Wildman–Crippen MR) is 76.3 cm³/mol. The molecule has 0 radical (unpaired) electrons. The summed E-state index contributed by atoms with van der Waals surface area (Å²) in [5.41, 5.74) is 2.12. The lowest BCUT2D eigenvalue weighted by Crippen LogP contribution is -2.16. The Morgan fingerprint density at radius 2 is 1.56 bits per heavy atom. The molecule has 2 aromatic carbocycles. The van der Waals surface area contributed by atoms with Crippen LogP contribution in [0.15, 0.2) is 60.7 Å². The van der Waals surface area contributed by atoms with Gasteiger partial charge in [0.15, 0.2) is 0 Å². The molecule has 0 saturated carbocycles. The lowest BCUT2D eigenvalue weighted by atomic mass is 10.2. The minimum atomic E-state index is 0.492. The average molecular weight is 258 g/mol. The molecule has 0 aliphatic carbocycles. The highest BCUT2D eigenvalue weighted by molar-refractivity contribution is 8.13. The van der Waals surface area contributed by atoms with Crippen LogP contribution in [0.4, 0.5) is 0 Å². The highest BCUT2D eigenvalue weighted by Crippen LogP contribution is 2.11. The summed E-state index contributed by atoms with van der Waals surface area (Å²) in [4.78, 5) is 0. The molecule has 0 fully saturated rings. The van der Waals surface area contributed by atoms with Gasteiger partial charge in [-0.15, -0.1) is 0 Å². The van der Waals surface area contributed by atoms with Crippen LogP contribution in [0, 0.1) is 0 Å². The second-order valence-corrected chi connectivity index (χ2v) is 4.71. The Morgan fingerprint density at radius 3 is 2.11 bits per heavy atom. The zero-order chi connectivity index (χ0) is 12.8. The SMILES string of the molecule is CS/C(c1ccccc1)=[N+](/O)Cc1ccccc1. The van der Waals surface area contributed by atoms with E-state index in [1.165, 1.54) is 4.74 Å². The van der Waals surface area contributed by atoms with Crippen LogP contribution in [0.5, 0.6) is 0 Å². The molecule has 1 N–H and O–H groups in total. The molecule has 0 saturated heterocycles. The van der Waals surface area contributed by atoms with Crippen molar-refractivity contribution in [3.05, 3.63) is 71.8 Å². The standard InChI is InChI=1S/C15H16NOS/c1-18-15(14-10-6-3-7-11-14)16(17)12-13-8-4-2-5-9-13/h2-11,17H,12H2,1H3/q+1/b16-15+. The van der Waals surface area contributed by atoms with E-state index in [9.17, 15) is 5.21 Å². The maximum atomic E-state index is 10.2. The fourth-order valence-electron chi connectivity index (χ4n) is 1.78. The Labute approximate surface area is 112 Å². The van der Waals surface area contributed by atoms with Gasteiger partial charge < -0.3 is 0 Å². The zero-order valence-corrected chi connectivity index (χ0v) is 11.1. The molecular weight excluding hydrogens is 242 g/mol. The van der Waals surface area contributed by atoms with E-state index in [0.29, 0.717) is 6.54 Å². The number of rotatable bonds is 3. The molecule has 2 rings (SSSR count). The fourth-order valence-corrected chi connectivity index (χ4v) is 2.43. The van der Waals surface area contributed by atoms with Gasteiger partial charge in [-0.1, -0.05) is 60.3 Å². The van der Waals surface area contributed by atoms with E-state index in [-0.39, 0.29) is 0 Å². The summed E-state index contributed by atoms with van der Waals surface area (Å²) in [7, 11) is 0.